The molecule has 0 saturated carbocycles. The van der Waals surface area contributed by atoms with Crippen LogP contribution in [0.5, 0.6) is 0 Å². The maximum absolute atomic E-state index is 12.8. The van der Waals surface area contributed by atoms with E-state index < -0.39 is 0 Å². The van der Waals surface area contributed by atoms with Crippen LogP contribution in [0.2, 0.25) is 0 Å². The van der Waals surface area contributed by atoms with Gasteiger partial charge in [-0.2, -0.15) is 0 Å². The average molecular weight is 378 g/mol. The molecule has 0 aliphatic carbocycles. The van der Waals surface area contributed by atoms with E-state index in [1.807, 2.05) is 36.6 Å². The Balaban J connectivity index is 1.57. The molecule has 2 amide bonds. The molecule has 0 unspecified atom stereocenters. The average Bonchev–Trinajstić information content (AvgIpc) is 3.13. The van der Waals surface area contributed by atoms with Gasteiger partial charge < -0.3 is 19.4 Å². The van der Waals surface area contributed by atoms with E-state index in [4.69, 9.17) is 4.74 Å². The number of imidazole rings is 1. The number of rotatable bonds is 3. The van der Waals surface area contributed by atoms with Gasteiger partial charge in [-0.1, -0.05) is 6.07 Å². The van der Waals surface area contributed by atoms with Crippen LogP contribution in [0.3, 0.4) is 0 Å². The molecule has 4 rings (SSSR count). The van der Waals surface area contributed by atoms with Crippen molar-refractivity contribution in [1.82, 2.24) is 14.3 Å². The first-order valence-electron chi connectivity index (χ1n) is 9.26. The number of aryl methyl sites for hydroxylation is 1. The van der Waals surface area contributed by atoms with Crippen molar-refractivity contribution in [3.8, 4) is 0 Å². The fourth-order valence-electron chi connectivity index (χ4n) is 3.32. The first-order valence-corrected chi connectivity index (χ1v) is 9.26. The Kier molecular flexibility index (Phi) is 4.83. The van der Waals surface area contributed by atoms with Crippen molar-refractivity contribution in [2.75, 3.05) is 31.6 Å². The van der Waals surface area contributed by atoms with E-state index in [0.29, 0.717) is 43.2 Å². The molecular weight excluding hydrogens is 356 g/mol. The third-order valence-corrected chi connectivity index (χ3v) is 4.96. The van der Waals surface area contributed by atoms with E-state index in [9.17, 15) is 9.59 Å². The molecule has 28 heavy (non-hydrogen) atoms. The summed E-state index contributed by atoms with van der Waals surface area (Å²) in [5.41, 5.74) is 4.07. The molecule has 1 saturated heterocycles. The highest BCUT2D eigenvalue weighted by Crippen LogP contribution is 2.22. The van der Waals surface area contributed by atoms with Crippen molar-refractivity contribution >= 4 is 23.1 Å². The zero-order valence-corrected chi connectivity index (χ0v) is 15.9. The second kappa shape index (κ2) is 7.44. The van der Waals surface area contributed by atoms with Crippen molar-refractivity contribution in [2.24, 2.45) is 0 Å². The summed E-state index contributed by atoms with van der Waals surface area (Å²) in [4.78, 5) is 31.7. The third-order valence-electron chi connectivity index (χ3n) is 4.96. The van der Waals surface area contributed by atoms with Gasteiger partial charge in [0.05, 0.1) is 13.2 Å². The predicted molar refractivity (Wildman–Crippen MR) is 106 cm³/mol. The van der Waals surface area contributed by atoms with E-state index in [1.165, 1.54) is 0 Å². The Morgan fingerprint density at radius 2 is 1.93 bits per heavy atom. The zero-order chi connectivity index (χ0) is 19.7. The van der Waals surface area contributed by atoms with E-state index in [1.54, 1.807) is 29.3 Å². The number of ether oxygens (including phenoxy) is 1. The molecule has 1 aliphatic heterocycles. The van der Waals surface area contributed by atoms with Crippen molar-refractivity contribution in [3.63, 3.8) is 0 Å². The maximum atomic E-state index is 12.8. The molecule has 0 radical (unpaired) electrons. The Hall–Kier alpha value is -3.19. The highest BCUT2D eigenvalue weighted by atomic mass is 16.5. The van der Waals surface area contributed by atoms with Gasteiger partial charge in [-0.3, -0.25) is 9.59 Å². The number of morpholine rings is 1. The Bertz CT molecular complexity index is 1050. The van der Waals surface area contributed by atoms with E-state index in [0.717, 1.165) is 16.8 Å². The third kappa shape index (κ3) is 3.48. The number of anilines is 1. The van der Waals surface area contributed by atoms with Crippen LogP contribution in [0.25, 0.3) is 5.65 Å². The molecule has 2 aromatic heterocycles. The number of hydrogen-bond acceptors (Lipinski definition) is 4. The molecule has 0 atom stereocenters. The van der Waals surface area contributed by atoms with E-state index in [-0.39, 0.29) is 11.8 Å². The minimum absolute atomic E-state index is 0.0416. The number of benzene rings is 1. The Morgan fingerprint density at radius 3 is 2.71 bits per heavy atom. The smallest absolute Gasteiger partial charge is 0.275 e. The van der Waals surface area contributed by atoms with Gasteiger partial charge in [0.25, 0.3) is 11.8 Å². The fraction of sp³-hybridized carbons (Fsp3) is 0.286. The number of amides is 2. The van der Waals surface area contributed by atoms with Gasteiger partial charge in [0.1, 0.15) is 11.3 Å². The first-order chi connectivity index (χ1) is 13.5. The number of nitrogens with one attached hydrogen (secondary N) is 1. The Labute approximate surface area is 162 Å². The maximum Gasteiger partial charge on any atom is 0.275 e. The van der Waals surface area contributed by atoms with E-state index in [2.05, 4.69) is 10.3 Å². The van der Waals surface area contributed by atoms with Gasteiger partial charge in [-0.25, -0.2) is 4.98 Å². The summed E-state index contributed by atoms with van der Waals surface area (Å²) in [6.07, 6.45) is 3.57. The van der Waals surface area contributed by atoms with E-state index >= 15 is 0 Å². The lowest BCUT2D eigenvalue weighted by Gasteiger charge is -2.27. The van der Waals surface area contributed by atoms with Gasteiger partial charge in [-0.05, 0) is 49.2 Å². The number of carbonyl (C=O) groups is 2. The van der Waals surface area contributed by atoms with Crippen molar-refractivity contribution < 1.29 is 14.3 Å². The standard InChI is InChI=1S/C21H22N4O3/c1-14-6-7-25-13-18(22-19(25)12-14)20(26)23-17-5-3-4-16(15(17)2)21(27)24-8-10-28-11-9-24/h3-7,12-13H,8-11H2,1-2H3,(H,23,26). The second-order valence-electron chi connectivity index (χ2n) is 6.93. The highest BCUT2D eigenvalue weighted by Gasteiger charge is 2.21. The summed E-state index contributed by atoms with van der Waals surface area (Å²) in [6, 6.07) is 9.24. The number of fused-ring (bicyclic) bond motifs is 1. The summed E-state index contributed by atoms with van der Waals surface area (Å²) in [5.74, 6) is -0.347. The molecule has 3 aromatic rings. The SMILES string of the molecule is Cc1ccn2cc(C(=O)Nc3cccc(C(=O)N4CCOCC4)c3C)nc2c1. The summed E-state index contributed by atoms with van der Waals surface area (Å²) >= 11 is 0. The van der Waals surface area contributed by atoms with Crippen molar-refractivity contribution in [2.45, 2.75) is 13.8 Å². The summed E-state index contributed by atoms with van der Waals surface area (Å²) in [7, 11) is 0. The molecule has 0 bridgehead atoms. The number of nitrogens with zero attached hydrogens (tertiary/aromatic N) is 3. The molecule has 0 spiro atoms. The minimum Gasteiger partial charge on any atom is -0.378 e. The van der Waals surface area contributed by atoms with Crippen LogP contribution in [-0.4, -0.2) is 52.4 Å². The lowest BCUT2D eigenvalue weighted by molar-refractivity contribution is 0.0302. The van der Waals surface area contributed by atoms with Gasteiger partial charge in [0, 0.05) is 36.7 Å². The second-order valence-corrected chi connectivity index (χ2v) is 6.93. The molecule has 3 heterocycles. The molecule has 7 nitrogen and oxygen atoms in total. The normalized spacial score (nSPS) is 14.3. The van der Waals surface area contributed by atoms with Crippen LogP contribution >= 0.6 is 0 Å². The fourth-order valence-corrected chi connectivity index (χ4v) is 3.32. The lowest BCUT2D eigenvalue weighted by atomic mass is 10.0. The summed E-state index contributed by atoms with van der Waals surface area (Å²) < 4.78 is 7.13. The van der Waals surface area contributed by atoms with Crippen LogP contribution < -0.4 is 5.32 Å². The van der Waals surface area contributed by atoms with Gasteiger partial charge >= 0.3 is 0 Å². The highest BCUT2D eigenvalue weighted by molar-refractivity contribution is 6.05. The monoisotopic (exact) mass is 378 g/mol. The minimum atomic E-state index is -0.305. The summed E-state index contributed by atoms with van der Waals surface area (Å²) in [5, 5.41) is 2.89. The number of aromatic nitrogens is 2. The molecule has 1 N–H and O–H groups in total. The lowest BCUT2D eigenvalue weighted by Crippen LogP contribution is -2.41. The van der Waals surface area contributed by atoms with Crippen LogP contribution in [0.1, 0.15) is 32.0 Å². The molecule has 1 fully saturated rings. The molecule has 1 aliphatic rings. The Morgan fingerprint density at radius 1 is 1.14 bits per heavy atom. The van der Waals surface area contributed by atoms with Crippen LogP contribution in [0, 0.1) is 13.8 Å². The van der Waals surface area contributed by atoms with Gasteiger partial charge in [-0.15, -0.1) is 0 Å². The van der Waals surface area contributed by atoms with Gasteiger partial charge in [0.15, 0.2) is 0 Å². The van der Waals surface area contributed by atoms with Gasteiger partial charge in [0.2, 0.25) is 0 Å². The van der Waals surface area contributed by atoms with Crippen LogP contribution in [0.4, 0.5) is 5.69 Å². The zero-order valence-electron chi connectivity index (χ0n) is 15.9. The molecular formula is C21H22N4O3. The largest absolute Gasteiger partial charge is 0.378 e. The van der Waals surface area contributed by atoms with Crippen molar-refractivity contribution in [3.05, 3.63) is 65.1 Å². The summed E-state index contributed by atoms with van der Waals surface area (Å²) in [6.45, 7) is 6.08. The molecule has 7 heteroatoms. The topological polar surface area (TPSA) is 75.9 Å². The number of carbonyl (C=O) groups excluding carboxylic acids is 2. The molecule has 1 aromatic carbocycles. The quantitative estimate of drug-likeness (QED) is 0.760. The number of pyridine rings is 1. The predicted octanol–water partition coefficient (Wildman–Crippen LogP) is 2.68. The first kappa shape index (κ1) is 18.2. The molecule has 144 valence electrons. The van der Waals surface area contributed by atoms with Crippen LogP contribution in [0.15, 0.2) is 42.7 Å². The number of hydrogen-bond donors (Lipinski definition) is 1. The van der Waals surface area contributed by atoms with Crippen molar-refractivity contribution in [1.29, 1.82) is 0 Å². The van der Waals surface area contributed by atoms with Crippen LogP contribution in [-0.2, 0) is 4.74 Å².